The summed E-state index contributed by atoms with van der Waals surface area (Å²) in [6.07, 6.45) is -4.50. The zero-order valence-corrected chi connectivity index (χ0v) is 10.1. The molecule has 0 aliphatic carbocycles. The molecule has 0 spiro atoms. The van der Waals surface area contributed by atoms with Gasteiger partial charge in [0.2, 0.25) is 5.91 Å². The van der Waals surface area contributed by atoms with E-state index in [-0.39, 0.29) is 18.7 Å². The van der Waals surface area contributed by atoms with E-state index in [9.17, 15) is 13.6 Å². The van der Waals surface area contributed by atoms with E-state index in [0.29, 0.717) is 10.6 Å². The highest BCUT2D eigenvalue weighted by Gasteiger charge is 2.16. The average Bonchev–Trinajstić information content (AvgIpc) is 2.30. The van der Waals surface area contributed by atoms with E-state index < -0.39 is 18.4 Å². The van der Waals surface area contributed by atoms with Crippen LogP contribution in [0, 0.1) is 0 Å². The summed E-state index contributed by atoms with van der Waals surface area (Å²) in [7, 11) is 0. The second-order valence-corrected chi connectivity index (χ2v) is 4.11. The van der Waals surface area contributed by atoms with Gasteiger partial charge in [0.1, 0.15) is 6.10 Å². The first-order valence-corrected chi connectivity index (χ1v) is 5.54. The number of halogens is 3. The zero-order chi connectivity index (χ0) is 13.7. The molecule has 1 aromatic rings. The van der Waals surface area contributed by atoms with E-state index in [4.69, 9.17) is 22.4 Å². The molecule has 1 aromatic carbocycles. The van der Waals surface area contributed by atoms with Crippen molar-refractivity contribution < 1.29 is 18.7 Å². The quantitative estimate of drug-likeness (QED) is 0.731. The number of carbonyl (C=O) groups is 1. The molecular weight excluding hydrogens is 266 g/mol. The molecule has 0 fully saturated rings. The fraction of sp³-hybridized carbons (Fsp3) is 0.364. The van der Waals surface area contributed by atoms with Crippen LogP contribution in [0.25, 0.3) is 0 Å². The summed E-state index contributed by atoms with van der Waals surface area (Å²) in [5.41, 5.74) is 5.98. The van der Waals surface area contributed by atoms with Crippen LogP contribution in [0.1, 0.15) is 15.9 Å². The predicted molar refractivity (Wildman–Crippen MR) is 63.7 cm³/mol. The first kappa shape index (κ1) is 14.8. The first-order chi connectivity index (χ1) is 8.41. The molecule has 4 N–H and O–H groups in total. The molecule has 7 heteroatoms. The number of nitrogens with one attached hydrogen (secondary N) is 1. The number of aliphatic hydroxyl groups is 1. The minimum absolute atomic E-state index is 0.210. The normalized spacial score (nSPS) is 12.7. The Labute approximate surface area is 108 Å². The number of hydrogen-bond donors (Lipinski definition) is 3. The van der Waals surface area contributed by atoms with Crippen molar-refractivity contribution in [1.29, 1.82) is 0 Å². The largest absolute Gasteiger partial charge is 0.386 e. The molecule has 0 radical (unpaired) electrons. The third-order valence-electron chi connectivity index (χ3n) is 2.30. The van der Waals surface area contributed by atoms with Crippen LogP contribution in [0.15, 0.2) is 18.2 Å². The molecule has 100 valence electrons. The van der Waals surface area contributed by atoms with Gasteiger partial charge in [0.25, 0.3) is 6.43 Å². The minimum atomic E-state index is -2.79. The summed E-state index contributed by atoms with van der Waals surface area (Å²) in [5, 5.41) is 11.8. The molecular formula is C11H13ClF2N2O2. The lowest BCUT2D eigenvalue weighted by molar-refractivity contribution is -0.00340. The highest BCUT2D eigenvalue weighted by Crippen LogP contribution is 2.17. The number of alkyl halides is 2. The maximum atomic E-state index is 12.0. The van der Waals surface area contributed by atoms with Gasteiger partial charge in [0, 0.05) is 23.7 Å². The van der Waals surface area contributed by atoms with E-state index in [1.165, 1.54) is 12.1 Å². The molecule has 0 bridgehead atoms. The lowest BCUT2D eigenvalue weighted by Crippen LogP contribution is -2.31. The van der Waals surface area contributed by atoms with Crippen molar-refractivity contribution in [2.45, 2.75) is 19.1 Å². The molecule has 0 aliphatic rings. The second kappa shape index (κ2) is 6.63. The van der Waals surface area contributed by atoms with Crippen LogP contribution in [0.4, 0.5) is 8.78 Å². The van der Waals surface area contributed by atoms with Gasteiger partial charge in [-0.3, -0.25) is 4.79 Å². The molecule has 0 saturated heterocycles. The van der Waals surface area contributed by atoms with Crippen molar-refractivity contribution >= 4 is 17.5 Å². The number of carbonyl (C=O) groups excluding carboxylic acids is 1. The summed E-state index contributed by atoms with van der Waals surface area (Å²) in [6, 6.07) is 4.48. The first-order valence-electron chi connectivity index (χ1n) is 5.17. The Hall–Kier alpha value is -1.24. The molecule has 1 rings (SSSR count). The van der Waals surface area contributed by atoms with Crippen molar-refractivity contribution in [3.8, 4) is 0 Å². The van der Waals surface area contributed by atoms with Crippen LogP contribution in [0.5, 0.6) is 0 Å². The Bertz CT molecular complexity index is 430. The second-order valence-electron chi connectivity index (χ2n) is 3.70. The monoisotopic (exact) mass is 278 g/mol. The molecule has 1 atom stereocenters. The smallest absolute Gasteiger partial charge is 0.265 e. The third kappa shape index (κ3) is 4.21. The van der Waals surface area contributed by atoms with Crippen LogP contribution in [-0.4, -0.2) is 30.1 Å². The van der Waals surface area contributed by atoms with Gasteiger partial charge in [-0.2, -0.15) is 0 Å². The number of aliphatic hydroxyl groups excluding tert-OH is 1. The molecule has 18 heavy (non-hydrogen) atoms. The van der Waals surface area contributed by atoms with E-state index >= 15 is 0 Å². The van der Waals surface area contributed by atoms with E-state index in [2.05, 4.69) is 5.32 Å². The van der Waals surface area contributed by atoms with Gasteiger partial charge >= 0.3 is 0 Å². The van der Waals surface area contributed by atoms with Crippen molar-refractivity contribution in [2.24, 2.45) is 5.73 Å². The number of nitrogens with two attached hydrogens (primary N) is 1. The van der Waals surface area contributed by atoms with Crippen LogP contribution >= 0.6 is 11.6 Å². The van der Waals surface area contributed by atoms with E-state index in [0.717, 1.165) is 0 Å². The Morgan fingerprint density at radius 3 is 2.67 bits per heavy atom. The van der Waals surface area contributed by atoms with E-state index in [1.54, 1.807) is 6.07 Å². The van der Waals surface area contributed by atoms with Crippen LogP contribution < -0.4 is 11.1 Å². The summed E-state index contributed by atoms with van der Waals surface area (Å²) in [5.74, 6) is -0.593. The van der Waals surface area contributed by atoms with Crippen molar-refractivity contribution in [3.05, 3.63) is 34.3 Å². The minimum Gasteiger partial charge on any atom is -0.386 e. The van der Waals surface area contributed by atoms with Gasteiger partial charge < -0.3 is 16.2 Å². The highest BCUT2D eigenvalue weighted by atomic mass is 35.5. The fourth-order valence-electron chi connectivity index (χ4n) is 1.29. The van der Waals surface area contributed by atoms with Crippen molar-refractivity contribution in [2.75, 3.05) is 6.54 Å². The topological polar surface area (TPSA) is 75.4 Å². The van der Waals surface area contributed by atoms with E-state index in [1.807, 2.05) is 0 Å². The number of rotatable bonds is 6. The standard InChI is InChI=1S/C11H13ClF2N2O2/c12-8-3-6(11(15)18)1-2-7(8)4-16-5-9(17)10(13)14/h1-3,9-10,16-17H,4-5H2,(H2,15,18). The van der Waals surface area contributed by atoms with Crippen LogP contribution in [-0.2, 0) is 6.54 Å². The average molecular weight is 279 g/mol. The molecule has 0 aliphatic heterocycles. The Morgan fingerprint density at radius 1 is 1.50 bits per heavy atom. The lowest BCUT2D eigenvalue weighted by atomic mass is 10.1. The summed E-state index contributed by atoms with van der Waals surface area (Å²) in [4.78, 5) is 10.9. The maximum Gasteiger partial charge on any atom is 0.265 e. The van der Waals surface area contributed by atoms with Gasteiger partial charge in [-0.25, -0.2) is 8.78 Å². The van der Waals surface area contributed by atoms with Gasteiger partial charge in [0.05, 0.1) is 0 Å². The molecule has 1 unspecified atom stereocenters. The molecule has 4 nitrogen and oxygen atoms in total. The number of hydrogen-bond acceptors (Lipinski definition) is 3. The molecule has 0 heterocycles. The zero-order valence-electron chi connectivity index (χ0n) is 9.37. The SMILES string of the molecule is NC(=O)c1ccc(CNCC(O)C(F)F)c(Cl)c1. The highest BCUT2D eigenvalue weighted by molar-refractivity contribution is 6.31. The molecule has 1 amide bonds. The fourth-order valence-corrected chi connectivity index (χ4v) is 1.54. The van der Waals surface area contributed by atoms with Gasteiger partial charge in [0.15, 0.2) is 0 Å². The molecule has 0 aromatic heterocycles. The van der Waals surface area contributed by atoms with Crippen molar-refractivity contribution in [1.82, 2.24) is 5.32 Å². The van der Waals surface area contributed by atoms with Gasteiger partial charge in [-0.1, -0.05) is 17.7 Å². The number of primary amides is 1. The predicted octanol–water partition coefficient (Wildman–Crippen LogP) is 1.15. The maximum absolute atomic E-state index is 12.0. The Balaban J connectivity index is 2.56. The Kier molecular flexibility index (Phi) is 5.46. The van der Waals surface area contributed by atoms with Crippen LogP contribution in [0.2, 0.25) is 5.02 Å². The Morgan fingerprint density at radius 2 is 2.17 bits per heavy atom. The number of amides is 1. The summed E-state index contributed by atoms with van der Waals surface area (Å²) >= 11 is 5.89. The summed E-state index contributed by atoms with van der Waals surface area (Å²) in [6.45, 7) is -0.0345. The van der Waals surface area contributed by atoms with Gasteiger partial charge in [-0.15, -0.1) is 0 Å². The third-order valence-corrected chi connectivity index (χ3v) is 2.65. The summed E-state index contributed by atoms with van der Waals surface area (Å²) < 4.78 is 24.0. The van der Waals surface area contributed by atoms with Gasteiger partial charge in [-0.05, 0) is 17.7 Å². The molecule has 0 saturated carbocycles. The van der Waals surface area contributed by atoms with Crippen LogP contribution in [0.3, 0.4) is 0 Å². The number of benzene rings is 1. The lowest BCUT2D eigenvalue weighted by Gasteiger charge is -2.11. The van der Waals surface area contributed by atoms with Crippen molar-refractivity contribution in [3.63, 3.8) is 0 Å².